The average Bonchev–Trinajstić information content (AvgIpc) is 2.87. The monoisotopic (exact) mass is 304 g/mol. The average molecular weight is 304 g/mol. The van der Waals surface area contributed by atoms with Gasteiger partial charge in [0.1, 0.15) is 0 Å². The molecule has 22 heavy (non-hydrogen) atoms. The molecule has 1 N–H and O–H groups in total. The van der Waals surface area contributed by atoms with Crippen LogP contribution in [0.15, 0.2) is 24.5 Å². The maximum Gasteiger partial charge on any atom is 0.225 e. The Morgan fingerprint density at radius 2 is 2.32 bits per heavy atom. The molecule has 0 spiro atoms. The first-order valence-corrected chi connectivity index (χ1v) is 7.65. The zero-order chi connectivity index (χ0) is 15.9. The lowest BCUT2D eigenvalue weighted by molar-refractivity contribution is -0.129. The van der Waals surface area contributed by atoms with Crippen molar-refractivity contribution < 1.29 is 9.59 Å². The van der Waals surface area contributed by atoms with Crippen molar-refractivity contribution >= 4 is 11.8 Å². The van der Waals surface area contributed by atoms with Crippen molar-refractivity contribution in [3.05, 3.63) is 30.1 Å². The molecule has 2 rings (SSSR count). The maximum absolute atomic E-state index is 12.2. The number of nitrogens with zero attached hydrogens (tertiary/aromatic N) is 3. The van der Waals surface area contributed by atoms with Crippen LogP contribution in [0.1, 0.15) is 18.4 Å². The molecule has 0 bridgehead atoms. The molecule has 1 aromatic heterocycles. The van der Waals surface area contributed by atoms with Gasteiger partial charge < -0.3 is 15.1 Å². The van der Waals surface area contributed by atoms with Gasteiger partial charge in [-0.1, -0.05) is 6.07 Å². The molecule has 1 fully saturated rings. The Labute approximate surface area is 131 Å². The highest BCUT2D eigenvalue weighted by Crippen LogP contribution is 2.18. The summed E-state index contributed by atoms with van der Waals surface area (Å²) in [5, 5.41) is 2.89. The minimum Gasteiger partial charge on any atom is -0.352 e. The second kappa shape index (κ2) is 7.89. The number of hydrogen-bond donors (Lipinski definition) is 1. The van der Waals surface area contributed by atoms with E-state index in [-0.39, 0.29) is 17.7 Å². The maximum atomic E-state index is 12.2. The zero-order valence-electron chi connectivity index (χ0n) is 13.3. The van der Waals surface area contributed by atoms with Gasteiger partial charge >= 0.3 is 0 Å². The minimum atomic E-state index is -0.233. The lowest BCUT2D eigenvalue weighted by atomic mass is 10.1. The highest BCUT2D eigenvalue weighted by Gasteiger charge is 2.33. The SMILES string of the molecule is CN(C)CCCN1CC(C(=O)NCc2cccnc2)CC1=O. The number of hydrogen-bond acceptors (Lipinski definition) is 4. The summed E-state index contributed by atoms with van der Waals surface area (Å²) in [4.78, 5) is 32.0. The van der Waals surface area contributed by atoms with Crippen LogP contribution >= 0.6 is 0 Å². The summed E-state index contributed by atoms with van der Waals surface area (Å²) < 4.78 is 0. The Bertz CT molecular complexity index is 504. The molecule has 1 unspecified atom stereocenters. The van der Waals surface area contributed by atoms with Gasteiger partial charge in [-0.2, -0.15) is 0 Å². The van der Waals surface area contributed by atoms with E-state index in [9.17, 15) is 9.59 Å². The van der Waals surface area contributed by atoms with Crippen molar-refractivity contribution in [2.45, 2.75) is 19.4 Å². The van der Waals surface area contributed by atoms with Crippen LogP contribution in [0.25, 0.3) is 0 Å². The fourth-order valence-corrected chi connectivity index (χ4v) is 2.58. The molecule has 0 saturated carbocycles. The summed E-state index contributed by atoms with van der Waals surface area (Å²) in [5.41, 5.74) is 0.961. The van der Waals surface area contributed by atoms with E-state index in [1.165, 1.54) is 0 Å². The van der Waals surface area contributed by atoms with Crippen LogP contribution in [0.4, 0.5) is 0 Å². The number of carbonyl (C=O) groups is 2. The predicted octanol–water partition coefficient (Wildman–Crippen LogP) is 0.498. The van der Waals surface area contributed by atoms with Gasteiger partial charge in [0, 0.05) is 38.4 Å². The molecule has 120 valence electrons. The lowest BCUT2D eigenvalue weighted by Crippen LogP contribution is -2.33. The molecule has 2 heterocycles. The van der Waals surface area contributed by atoms with E-state index in [1.807, 2.05) is 26.2 Å². The number of aromatic nitrogens is 1. The second-order valence-electron chi connectivity index (χ2n) is 5.98. The van der Waals surface area contributed by atoms with E-state index in [0.717, 1.165) is 25.1 Å². The Kier molecular flexibility index (Phi) is 5.89. The fraction of sp³-hybridized carbons (Fsp3) is 0.562. The first kappa shape index (κ1) is 16.4. The number of carbonyl (C=O) groups excluding carboxylic acids is 2. The number of amides is 2. The Hall–Kier alpha value is -1.95. The highest BCUT2D eigenvalue weighted by atomic mass is 16.2. The van der Waals surface area contributed by atoms with Crippen LogP contribution in [-0.2, 0) is 16.1 Å². The lowest BCUT2D eigenvalue weighted by Gasteiger charge is -2.18. The number of rotatable bonds is 7. The Morgan fingerprint density at radius 1 is 1.50 bits per heavy atom. The van der Waals surface area contributed by atoms with Crippen LogP contribution in [0.3, 0.4) is 0 Å². The summed E-state index contributed by atoms with van der Waals surface area (Å²) >= 11 is 0. The third-order valence-corrected chi connectivity index (χ3v) is 3.81. The van der Waals surface area contributed by atoms with E-state index in [0.29, 0.717) is 19.5 Å². The van der Waals surface area contributed by atoms with E-state index in [1.54, 1.807) is 17.3 Å². The largest absolute Gasteiger partial charge is 0.352 e. The standard InChI is InChI=1S/C16H24N4O2/c1-19(2)7-4-8-20-12-14(9-15(20)21)16(22)18-11-13-5-3-6-17-10-13/h3,5-6,10,14H,4,7-9,11-12H2,1-2H3,(H,18,22). The van der Waals surface area contributed by atoms with Crippen LogP contribution in [0.2, 0.25) is 0 Å². The quantitative estimate of drug-likeness (QED) is 0.796. The summed E-state index contributed by atoms with van der Waals surface area (Å²) in [6.07, 6.45) is 4.68. The minimum absolute atomic E-state index is 0.0488. The number of likely N-dealkylation sites (tertiary alicyclic amines) is 1. The van der Waals surface area contributed by atoms with E-state index in [4.69, 9.17) is 0 Å². The van der Waals surface area contributed by atoms with Crippen molar-refractivity contribution in [1.29, 1.82) is 0 Å². The molecule has 1 saturated heterocycles. The van der Waals surface area contributed by atoms with Crippen LogP contribution in [-0.4, -0.2) is 60.3 Å². The Balaban J connectivity index is 1.76. The summed E-state index contributed by atoms with van der Waals surface area (Å²) in [7, 11) is 4.03. The van der Waals surface area contributed by atoms with Gasteiger partial charge in [-0.3, -0.25) is 14.6 Å². The van der Waals surface area contributed by atoms with Gasteiger partial charge in [-0.15, -0.1) is 0 Å². The summed E-state index contributed by atoms with van der Waals surface area (Å²) in [5.74, 6) is -0.198. The molecule has 2 amide bonds. The van der Waals surface area contributed by atoms with Gasteiger partial charge in [0.25, 0.3) is 0 Å². The smallest absolute Gasteiger partial charge is 0.225 e. The molecular formula is C16H24N4O2. The first-order chi connectivity index (χ1) is 10.6. The van der Waals surface area contributed by atoms with E-state index >= 15 is 0 Å². The molecule has 1 aliphatic heterocycles. The fourth-order valence-electron chi connectivity index (χ4n) is 2.58. The van der Waals surface area contributed by atoms with Gasteiger partial charge in [0.15, 0.2) is 0 Å². The third kappa shape index (κ3) is 4.80. The highest BCUT2D eigenvalue weighted by molar-refractivity contribution is 5.89. The van der Waals surface area contributed by atoms with Crippen molar-refractivity contribution in [3.63, 3.8) is 0 Å². The van der Waals surface area contributed by atoms with E-state index in [2.05, 4.69) is 15.2 Å². The molecule has 1 aliphatic rings. The van der Waals surface area contributed by atoms with Crippen molar-refractivity contribution in [3.8, 4) is 0 Å². The first-order valence-electron chi connectivity index (χ1n) is 7.65. The van der Waals surface area contributed by atoms with Gasteiger partial charge in [-0.05, 0) is 38.7 Å². The van der Waals surface area contributed by atoms with Crippen molar-refractivity contribution in [2.75, 3.05) is 33.7 Å². The number of nitrogens with one attached hydrogen (secondary N) is 1. The predicted molar refractivity (Wildman–Crippen MR) is 83.9 cm³/mol. The van der Waals surface area contributed by atoms with Crippen LogP contribution in [0.5, 0.6) is 0 Å². The molecule has 0 radical (unpaired) electrons. The molecule has 0 aliphatic carbocycles. The van der Waals surface area contributed by atoms with Gasteiger partial charge in [0.05, 0.1) is 5.92 Å². The summed E-state index contributed by atoms with van der Waals surface area (Å²) in [6.45, 7) is 2.66. The molecular weight excluding hydrogens is 280 g/mol. The van der Waals surface area contributed by atoms with Crippen LogP contribution < -0.4 is 5.32 Å². The summed E-state index contributed by atoms with van der Waals surface area (Å²) in [6, 6.07) is 3.76. The van der Waals surface area contributed by atoms with Gasteiger partial charge in [0.2, 0.25) is 11.8 Å². The molecule has 0 aromatic carbocycles. The second-order valence-corrected chi connectivity index (χ2v) is 5.98. The zero-order valence-corrected chi connectivity index (χ0v) is 13.3. The topological polar surface area (TPSA) is 65.5 Å². The van der Waals surface area contributed by atoms with Crippen molar-refractivity contribution in [1.82, 2.24) is 20.1 Å². The third-order valence-electron chi connectivity index (χ3n) is 3.81. The molecule has 6 heteroatoms. The van der Waals surface area contributed by atoms with Gasteiger partial charge in [-0.25, -0.2) is 0 Å². The van der Waals surface area contributed by atoms with Crippen molar-refractivity contribution in [2.24, 2.45) is 5.92 Å². The molecule has 1 atom stereocenters. The van der Waals surface area contributed by atoms with E-state index < -0.39 is 0 Å². The number of pyridine rings is 1. The normalized spacial score (nSPS) is 18.0. The molecule has 6 nitrogen and oxygen atoms in total. The van der Waals surface area contributed by atoms with Crippen LogP contribution in [0, 0.1) is 5.92 Å². The Morgan fingerprint density at radius 3 is 3.00 bits per heavy atom. The molecule has 1 aromatic rings.